The molecule has 1 fully saturated rings. The summed E-state index contributed by atoms with van der Waals surface area (Å²) in [6.45, 7) is -2.51. The highest BCUT2D eigenvalue weighted by Crippen LogP contribution is 2.52. The lowest BCUT2D eigenvalue weighted by Crippen LogP contribution is -2.47. The fourth-order valence-electron chi connectivity index (χ4n) is 4.54. The van der Waals surface area contributed by atoms with Crippen molar-refractivity contribution in [1.29, 1.82) is 0 Å². The minimum Gasteiger partial charge on any atom is -0.287 e. The Bertz CT molecular complexity index is 1480. The van der Waals surface area contributed by atoms with Gasteiger partial charge in [0.25, 0.3) is 0 Å². The molecule has 1 saturated carbocycles. The number of Topliss-reactive ketones (excluding diaryl/α,β-unsaturated/α-hetero) is 1. The van der Waals surface area contributed by atoms with E-state index in [9.17, 15) is 4.79 Å². The Hall–Kier alpha value is -1.81. The van der Waals surface area contributed by atoms with Crippen molar-refractivity contribution in [1.82, 2.24) is 0 Å². The molecule has 0 saturated heterocycles. The molecule has 0 N–H and O–H groups in total. The third-order valence-corrected chi connectivity index (χ3v) is 13.4. The van der Waals surface area contributed by atoms with Gasteiger partial charge in [-0.25, -0.2) is 0 Å². The van der Waals surface area contributed by atoms with Gasteiger partial charge in [0.2, 0.25) is 5.78 Å². The van der Waals surface area contributed by atoms with Crippen molar-refractivity contribution in [2.24, 2.45) is 0 Å². The molecule has 178 valence electrons. The molecule has 0 heterocycles. The summed E-state index contributed by atoms with van der Waals surface area (Å²) >= 11 is 37.2. The summed E-state index contributed by atoms with van der Waals surface area (Å²) in [4.78, 5) is 14.1. The van der Waals surface area contributed by atoms with E-state index >= 15 is 0 Å². The monoisotopic (exact) mass is 602 g/mol. The van der Waals surface area contributed by atoms with Gasteiger partial charge in [0.05, 0.1) is 30.4 Å². The first-order valence-corrected chi connectivity index (χ1v) is 14.9. The normalized spacial score (nSPS) is 16.7. The molecule has 0 amide bonds. The van der Waals surface area contributed by atoms with E-state index in [2.05, 4.69) is 36.4 Å². The van der Waals surface area contributed by atoms with Crippen LogP contribution in [0.3, 0.4) is 0 Å². The van der Waals surface area contributed by atoms with Gasteiger partial charge in [-0.2, -0.15) is 0 Å². The molecule has 0 aromatic heterocycles. The second-order valence-corrected chi connectivity index (χ2v) is 13.7. The Kier molecular flexibility index (Phi) is 7.29. The number of allylic oxidation sites excluding steroid dienone is 6. The zero-order valence-corrected chi connectivity index (χ0v) is 23.9. The van der Waals surface area contributed by atoms with Crippen molar-refractivity contribution in [2.75, 3.05) is 0 Å². The van der Waals surface area contributed by atoms with Crippen LogP contribution in [0.4, 0.5) is 0 Å². The first-order chi connectivity index (χ1) is 17.3. The SMILES string of the molecule is O=C1C(Cl)=C(Cl)C(Cl)=C(Cl)C1=C1C(=S)C(=P(c2ccccc2)(c2ccccc2)c2ccccc2)C1=S. The molecule has 1 nitrogen and oxygen atoms in total. The average Bonchev–Trinajstić information content (AvgIpc) is 2.93. The van der Waals surface area contributed by atoms with Crippen LogP contribution in [0.15, 0.2) is 122 Å². The maximum atomic E-state index is 13.2. The van der Waals surface area contributed by atoms with Crippen LogP contribution in [0, 0.1) is 0 Å². The van der Waals surface area contributed by atoms with Gasteiger partial charge in [-0.05, 0) is 22.8 Å². The largest absolute Gasteiger partial charge is 0.287 e. The number of hydrogen-bond donors (Lipinski definition) is 0. The number of thiocarbonyl (C=S) groups is 2. The summed E-state index contributed by atoms with van der Waals surface area (Å²) in [5, 5.41) is 3.85. The van der Waals surface area contributed by atoms with Crippen LogP contribution in [-0.2, 0) is 4.79 Å². The standard InChI is InChI=1S/C28H15Cl4OPS2/c29-21-19(25(33)24(32)23(31)22(21)30)20-27(35)26(28(20)36)34(16-10-4-1-5-11-16,17-12-6-2-7-13-17)18-14-8-3-9-15-18/h1-15H. The molecule has 3 aromatic rings. The molecule has 0 bridgehead atoms. The fourth-order valence-corrected chi connectivity index (χ4v) is 11.4. The van der Waals surface area contributed by atoms with Gasteiger partial charge >= 0.3 is 0 Å². The fraction of sp³-hybridized carbons (Fsp3) is 0. The number of carbonyl (C=O) groups is 1. The molecule has 36 heavy (non-hydrogen) atoms. The zero-order valence-electron chi connectivity index (χ0n) is 18.3. The van der Waals surface area contributed by atoms with Gasteiger partial charge in [0.15, 0.2) is 0 Å². The molecule has 8 heteroatoms. The predicted octanol–water partition coefficient (Wildman–Crippen LogP) is 7.16. The lowest BCUT2D eigenvalue weighted by molar-refractivity contribution is -0.111. The molecule has 2 aliphatic rings. The molecule has 0 spiro atoms. The Balaban J connectivity index is 1.91. The summed E-state index contributed by atoms with van der Waals surface area (Å²) in [7, 11) is 0. The van der Waals surface area contributed by atoms with Crippen LogP contribution in [0.5, 0.6) is 0 Å². The van der Waals surface area contributed by atoms with Gasteiger partial charge < -0.3 is 0 Å². The van der Waals surface area contributed by atoms with Gasteiger partial charge in [-0.3, -0.25) is 4.79 Å². The van der Waals surface area contributed by atoms with Crippen molar-refractivity contribution < 1.29 is 4.79 Å². The van der Waals surface area contributed by atoms with Crippen molar-refractivity contribution in [3.8, 4) is 0 Å². The van der Waals surface area contributed by atoms with Crippen molar-refractivity contribution in [3.63, 3.8) is 0 Å². The van der Waals surface area contributed by atoms with E-state index in [0.29, 0.717) is 15.3 Å². The number of hydrogen-bond acceptors (Lipinski definition) is 3. The smallest absolute Gasteiger partial charge is 0.208 e. The molecule has 0 unspecified atom stereocenters. The van der Waals surface area contributed by atoms with E-state index in [4.69, 9.17) is 70.8 Å². The van der Waals surface area contributed by atoms with E-state index in [0.717, 1.165) is 21.2 Å². The summed E-state index contributed by atoms with van der Waals surface area (Å²) in [5.74, 6) is -0.544. The molecule has 3 aromatic carbocycles. The third-order valence-electron chi connectivity index (χ3n) is 6.12. The topological polar surface area (TPSA) is 17.1 Å². The minimum atomic E-state index is -2.51. The van der Waals surface area contributed by atoms with Crippen LogP contribution in [0.1, 0.15) is 0 Å². The molecular formula is C28H15Cl4OPS2. The summed E-state index contributed by atoms with van der Waals surface area (Å²) in [5.41, 5.74) is 0.514. The Labute approximate surface area is 240 Å². The maximum Gasteiger partial charge on any atom is 0.208 e. The van der Waals surface area contributed by atoms with Crippen molar-refractivity contribution in [3.05, 3.63) is 122 Å². The highest BCUT2D eigenvalue weighted by atomic mass is 35.5. The molecule has 5 rings (SSSR count). The molecule has 0 atom stereocenters. The van der Waals surface area contributed by atoms with Gasteiger partial charge in [-0.1, -0.05) is 162 Å². The van der Waals surface area contributed by atoms with Gasteiger partial charge in [0.1, 0.15) is 5.03 Å². The molecule has 0 aliphatic heterocycles. The number of ketones is 1. The van der Waals surface area contributed by atoms with Crippen LogP contribution in [0.25, 0.3) is 0 Å². The minimum absolute atomic E-state index is 0.000259. The predicted molar refractivity (Wildman–Crippen MR) is 165 cm³/mol. The van der Waals surface area contributed by atoms with Crippen LogP contribution in [0.2, 0.25) is 0 Å². The lowest BCUT2D eigenvalue weighted by Gasteiger charge is -2.39. The zero-order chi connectivity index (χ0) is 25.6. The number of benzene rings is 3. The number of halogens is 4. The Morgan fingerprint density at radius 1 is 0.500 bits per heavy atom. The second kappa shape index (κ2) is 10.2. The Morgan fingerprint density at radius 3 is 1.25 bits per heavy atom. The summed E-state index contributed by atoms with van der Waals surface area (Å²) in [6, 6.07) is 30.6. The second-order valence-electron chi connectivity index (χ2n) is 8.02. The number of carbonyl (C=O) groups excluding carboxylic acids is 1. The number of rotatable bonds is 3. The molecular weight excluding hydrogens is 589 g/mol. The lowest BCUT2D eigenvalue weighted by atomic mass is 9.84. The average molecular weight is 604 g/mol. The van der Waals surface area contributed by atoms with Crippen molar-refractivity contribution in [2.45, 2.75) is 0 Å². The van der Waals surface area contributed by atoms with E-state index in [-0.39, 0.29) is 25.7 Å². The summed E-state index contributed by atoms with van der Waals surface area (Å²) in [6.07, 6.45) is 0. The first-order valence-electron chi connectivity index (χ1n) is 10.7. The van der Waals surface area contributed by atoms with E-state index < -0.39 is 12.7 Å². The van der Waals surface area contributed by atoms with Gasteiger partial charge in [-0.15, -0.1) is 0 Å². The Morgan fingerprint density at radius 2 is 0.861 bits per heavy atom. The van der Waals surface area contributed by atoms with Gasteiger partial charge in [0, 0.05) is 10.9 Å². The first kappa shape index (κ1) is 25.8. The summed E-state index contributed by atoms with van der Waals surface area (Å²) < 4.78 is 0. The quantitative estimate of drug-likeness (QED) is 0.180. The van der Waals surface area contributed by atoms with Crippen LogP contribution < -0.4 is 15.9 Å². The highest BCUT2D eigenvalue weighted by Gasteiger charge is 2.45. The van der Waals surface area contributed by atoms with Crippen LogP contribution >= 0.6 is 77.7 Å². The molecule has 2 aliphatic carbocycles. The van der Waals surface area contributed by atoms with E-state index in [1.807, 2.05) is 54.6 Å². The van der Waals surface area contributed by atoms with E-state index in [1.54, 1.807) is 0 Å². The van der Waals surface area contributed by atoms with E-state index in [1.165, 1.54) is 0 Å². The highest BCUT2D eigenvalue weighted by molar-refractivity contribution is 8.04. The molecule has 0 radical (unpaired) electrons. The third kappa shape index (κ3) is 3.85. The van der Waals surface area contributed by atoms with Crippen LogP contribution in [-0.4, -0.2) is 20.8 Å². The van der Waals surface area contributed by atoms with Crippen molar-refractivity contribution >= 4 is 114 Å². The maximum absolute atomic E-state index is 13.2.